The van der Waals surface area contributed by atoms with Crippen LogP contribution in [0.3, 0.4) is 0 Å². The van der Waals surface area contributed by atoms with E-state index in [1.165, 1.54) is 25.7 Å². The van der Waals surface area contributed by atoms with Gasteiger partial charge in [-0.15, -0.1) is 0 Å². The molecule has 0 amide bonds. The normalized spacial score (nSPS) is 27.3. The molecular formula is C10H18BrNO2S. The van der Waals surface area contributed by atoms with Crippen molar-refractivity contribution in [3.8, 4) is 0 Å². The SMILES string of the molecule is O=S(=O)(CBr)N1CCC2(CCCC2)CC1. The molecule has 0 bridgehead atoms. The van der Waals surface area contributed by atoms with Crippen molar-refractivity contribution in [3.63, 3.8) is 0 Å². The van der Waals surface area contributed by atoms with Crippen LogP contribution in [-0.4, -0.2) is 30.5 Å². The number of rotatable bonds is 2. The van der Waals surface area contributed by atoms with Crippen molar-refractivity contribution >= 4 is 26.0 Å². The molecule has 5 heteroatoms. The van der Waals surface area contributed by atoms with Crippen LogP contribution in [0.4, 0.5) is 0 Å². The van der Waals surface area contributed by atoms with Crippen molar-refractivity contribution in [3.05, 3.63) is 0 Å². The largest absolute Gasteiger partial charge is 0.224 e. The molecule has 0 unspecified atom stereocenters. The van der Waals surface area contributed by atoms with Gasteiger partial charge in [0.25, 0.3) is 0 Å². The number of sulfonamides is 1. The molecule has 2 aliphatic rings. The molecule has 1 aliphatic carbocycles. The molecule has 1 heterocycles. The highest BCUT2D eigenvalue weighted by molar-refractivity contribution is 9.10. The molecule has 1 saturated heterocycles. The van der Waals surface area contributed by atoms with Gasteiger partial charge in [0, 0.05) is 13.1 Å². The summed E-state index contributed by atoms with van der Waals surface area (Å²) in [5.41, 5.74) is 0.498. The van der Waals surface area contributed by atoms with Crippen LogP contribution in [0.25, 0.3) is 0 Å². The molecule has 3 nitrogen and oxygen atoms in total. The maximum atomic E-state index is 11.6. The summed E-state index contributed by atoms with van der Waals surface area (Å²) >= 11 is 3.05. The van der Waals surface area contributed by atoms with E-state index in [4.69, 9.17) is 0 Å². The minimum absolute atomic E-state index is 0.0625. The van der Waals surface area contributed by atoms with E-state index in [1.807, 2.05) is 0 Å². The highest BCUT2D eigenvalue weighted by Crippen LogP contribution is 2.46. The molecule has 88 valence electrons. The second kappa shape index (κ2) is 4.34. The second-order valence-corrected chi connectivity index (χ2v) is 8.10. The summed E-state index contributed by atoms with van der Waals surface area (Å²) in [5, 5.41) is 0. The minimum atomic E-state index is -3.02. The maximum absolute atomic E-state index is 11.6. The Bertz CT molecular complexity index is 312. The third-order valence-electron chi connectivity index (χ3n) is 3.98. The summed E-state index contributed by atoms with van der Waals surface area (Å²) in [6, 6.07) is 0. The standard InChI is InChI=1S/C10H18BrNO2S/c11-9-15(13,14)12-7-5-10(6-8-12)3-1-2-4-10/h1-9H2. The molecule has 0 aromatic carbocycles. The first-order valence-corrected chi connectivity index (χ1v) is 8.35. The van der Waals surface area contributed by atoms with E-state index in [0.29, 0.717) is 5.41 Å². The number of hydrogen-bond donors (Lipinski definition) is 0. The van der Waals surface area contributed by atoms with E-state index in [0.717, 1.165) is 25.9 Å². The number of hydrogen-bond acceptors (Lipinski definition) is 2. The first-order chi connectivity index (χ1) is 7.08. The predicted octanol–water partition coefficient (Wildman–Crippen LogP) is 2.32. The van der Waals surface area contributed by atoms with Crippen LogP contribution in [-0.2, 0) is 10.0 Å². The van der Waals surface area contributed by atoms with E-state index in [9.17, 15) is 8.42 Å². The van der Waals surface area contributed by atoms with E-state index in [2.05, 4.69) is 15.9 Å². The van der Waals surface area contributed by atoms with Crippen molar-refractivity contribution in [1.82, 2.24) is 4.31 Å². The second-order valence-electron chi connectivity index (χ2n) is 4.83. The third-order valence-corrected chi connectivity index (χ3v) is 7.14. The zero-order chi connectivity index (χ0) is 10.9. The molecule has 0 aromatic rings. The van der Waals surface area contributed by atoms with E-state index < -0.39 is 10.0 Å². The van der Waals surface area contributed by atoms with Gasteiger partial charge in [0.15, 0.2) is 0 Å². The molecule has 0 N–H and O–H groups in total. The average molecular weight is 296 g/mol. The zero-order valence-electron chi connectivity index (χ0n) is 8.91. The molecule has 0 aromatic heterocycles. The molecule has 1 saturated carbocycles. The summed E-state index contributed by atoms with van der Waals surface area (Å²) in [5.74, 6) is 0. The van der Waals surface area contributed by atoms with Crippen LogP contribution >= 0.6 is 15.9 Å². The van der Waals surface area contributed by atoms with Gasteiger partial charge in [-0.05, 0) is 31.1 Å². The molecule has 1 spiro atoms. The number of alkyl halides is 1. The first-order valence-electron chi connectivity index (χ1n) is 5.62. The van der Waals surface area contributed by atoms with Gasteiger partial charge in [0.1, 0.15) is 4.66 Å². The maximum Gasteiger partial charge on any atom is 0.224 e. The smallest absolute Gasteiger partial charge is 0.211 e. The Kier molecular flexibility index (Phi) is 3.43. The Morgan fingerprint density at radius 2 is 1.60 bits per heavy atom. The van der Waals surface area contributed by atoms with Crippen LogP contribution in [0.15, 0.2) is 0 Å². The average Bonchev–Trinajstić information content (AvgIpc) is 2.67. The van der Waals surface area contributed by atoms with Crippen molar-refractivity contribution in [2.75, 3.05) is 17.8 Å². The Morgan fingerprint density at radius 1 is 1.07 bits per heavy atom. The highest BCUT2D eigenvalue weighted by Gasteiger charge is 2.39. The summed E-state index contributed by atoms with van der Waals surface area (Å²) in [4.78, 5) is 0. The van der Waals surface area contributed by atoms with E-state index in [-0.39, 0.29) is 4.66 Å². The minimum Gasteiger partial charge on any atom is -0.211 e. The van der Waals surface area contributed by atoms with Crippen molar-refractivity contribution < 1.29 is 8.42 Å². The van der Waals surface area contributed by atoms with Crippen molar-refractivity contribution in [1.29, 1.82) is 0 Å². The molecular weight excluding hydrogens is 278 g/mol. The van der Waals surface area contributed by atoms with Gasteiger partial charge < -0.3 is 0 Å². The Hall–Kier alpha value is 0.390. The van der Waals surface area contributed by atoms with Crippen LogP contribution in [0.5, 0.6) is 0 Å². The van der Waals surface area contributed by atoms with Gasteiger partial charge in [-0.3, -0.25) is 0 Å². The highest BCUT2D eigenvalue weighted by atomic mass is 79.9. The topological polar surface area (TPSA) is 37.4 Å². The Balaban J connectivity index is 1.97. The fourth-order valence-corrected chi connectivity index (χ4v) is 4.68. The van der Waals surface area contributed by atoms with Crippen molar-refractivity contribution in [2.24, 2.45) is 5.41 Å². The summed E-state index contributed by atoms with van der Waals surface area (Å²) < 4.78 is 25.0. The number of halogens is 1. The lowest BCUT2D eigenvalue weighted by molar-refractivity contribution is 0.161. The van der Waals surface area contributed by atoms with Gasteiger partial charge in [-0.1, -0.05) is 28.8 Å². The van der Waals surface area contributed by atoms with Crippen LogP contribution in [0, 0.1) is 5.41 Å². The fourth-order valence-electron chi connectivity index (χ4n) is 2.93. The Labute approximate surface area is 100 Å². The summed E-state index contributed by atoms with van der Waals surface area (Å²) in [6.07, 6.45) is 7.44. The summed E-state index contributed by atoms with van der Waals surface area (Å²) in [7, 11) is -3.02. The van der Waals surface area contributed by atoms with Gasteiger partial charge in [-0.25, -0.2) is 12.7 Å². The van der Waals surface area contributed by atoms with Crippen LogP contribution in [0.1, 0.15) is 38.5 Å². The van der Waals surface area contributed by atoms with Gasteiger partial charge in [0.2, 0.25) is 10.0 Å². The van der Waals surface area contributed by atoms with Gasteiger partial charge >= 0.3 is 0 Å². The number of piperidine rings is 1. The lowest BCUT2D eigenvalue weighted by atomic mass is 9.78. The quantitative estimate of drug-likeness (QED) is 0.733. The van der Waals surface area contributed by atoms with Crippen LogP contribution < -0.4 is 0 Å². The van der Waals surface area contributed by atoms with Crippen LogP contribution in [0.2, 0.25) is 0 Å². The first kappa shape index (κ1) is 11.9. The fraction of sp³-hybridized carbons (Fsp3) is 1.00. The summed E-state index contributed by atoms with van der Waals surface area (Å²) in [6.45, 7) is 1.46. The van der Waals surface area contributed by atoms with Crippen molar-refractivity contribution in [2.45, 2.75) is 38.5 Å². The predicted molar refractivity (Wildman–Crippen MR) is 64.4 cm³/mol. The van der Waals surface area contributed by atoms with Gasteiger partial charge in [-0.2, -0.15) is 0 Å². The zero-order valence-corrected chi connectivity index (χ0v) is 11.3. The number of nitrogens with zero attached hydrogens (tertiary/aromatic N) is 1. The van der Waals surface area contributed by atoms with Gasteiger partial charge in [0.05, 0.1) is 0 Å². The lowest BCUT2D eigenvalue weighted by Gasteiger charge is -2.38. The Morgan fingerprint density at radius 3 is 2.07 bits per heavy atom. The monoisotopic (exact) mass is 295 g/mol. The van der Waals surface area contributed by atoms with E-state index in [1.54, 1.807) is 4.31 Å². The van der Waals surface area contributed by atoms with E-state index >= 15 is 0 Å². The molecule has 0 atom stereocenters. The molecule has 2 fully saturated rings. The molecule has 1 aliphatic heterocycles. The molecule has 0 radical (unpaired) electrons. The molecule has 15 heavy (non-hydrogen) atoms. The lowest BCUT2D eigenvalue weighted by Crippen LogP contribution is -2.42. The molecule has 2 rings (SSSR count). The third kappa shape index (κ3) is 2.39.